The van der Waals surface area contributed by atoms with Gasteiger partial charge in [0, 0.05) is 17.9 Å². The largest absolute Gasteiger partial charge is 0.311 e. The van der Waals surface area contributed by atoms with Crippen molar-refractivity contribution in [2.45, 2.75) is 56.0 Å². The van der Waals surface area contributed by atoms with Crippen LogP contribution in [0.15, 0.2) is 53.7 Å². The molecule has 0 bridgehead atoms. The second-order valence-electron chi connectivity index (χ2n) is 9.05. The fourth-order valence-corrected chi connectivity index (χ4v) is 5.86. The van der Waals surface area contributed by atoms with Crippen molar-refractivity contribution in [3.63, 3.8) is 0 Å². The molecule has 0 saturated carbocycles. The third-order valence-corrected chi connectivity index (χ3v) is 7.87. The molecule has 6 nitrogen and oxygen atoms in total. The number of para-hydroxylation sites is 1. The average Bonchev–Trinajstić information content (AvgIpc) is 3.49. The highest BCUT2D eigenvalue weighted by Gasteiger charge is 2.31. The van der Waals surface area contributed by atoms with E-state index in [-0.39, 0.29) is 23.0 Å². The Morgan fingerprint density at radius 3 is 2.47 bits per heavy atom. The van der Waals surface area contributed by atoms with Crippen molar-refractivity contribution in [3.05, 3.63) is 65.7 Å². The van der Waals surface area contributed by atoms with E-state index >= 15 is 0 Å². The van der Waals surface area contributed by atoms with Gasteiger partial charge in [-0.15, -0.1) is 10.2 Å². The number of carbonyl (C=O) groups is 1. The molecule has 2 aliphatic rings. The first-order chi connectivity index (χ1) is 16.5. The summed E-state index contributed by atoms with van der Waals surface area (Å²) in [6, 6.07) is 14.6. The van der Waals surface area contributed by atoms with E-state index in [4.69, 9.17) is 0 Å². The summed E-state index contributed by atoms with van der Waals surface area (Å²) in [7, 11) is 0. The van der Waals surface area contributed by atoms with Crippen molar-refractivity contribution < 1.29 is 9.18 Å². The molecule has 0 aliphatic carbocycles. The zero-order valence-corrected chi connectivity index (χ0v) is 20.5. The first-order valence-electron chi connectivity index (χ1n) is 12.0. The van der Waals surface area contributed by atoms with Gasteiger partial charge in [-0.05, 0) is 82.1 Å². The van der Waals surface area contributed by atoms with Crippen LogP contribution in [0.3, 0.4) is 0 Å². The number of thioether (sulfide) groups is 1. The van der Waals surface area contributed by atoms with E-state index in [1.54, 1.807) is 12.1 Å². The first-order valence-corrected chi connectivity index (χ1v) is 12.9. The zero-order valence-electron chi connectivity index (χ0n) is 19.7. The minimum absolute atomic E-state index is 0.0641. The maximum Gasteiger partial charge on any atom is 0.240 e. The predicted molar refractivity (Wildman–Crippen MR) is 133 cm³/mol. The van der Waals surface area contributed by atoms with Gasteiger partial charge in [-0.1, -0.05) is 36.4 Å². The molecule has 1 aromatic heterocycles. The molecule has 0 N–H and O–H groups in total. The van der Waals surface area contributed by atoms with Crippen molar-refractivity contribution in [2.24, 2.45) is 0 Å². The van der Waals surface area contributed by atoms with Gasteiger partial charge in [-0.3, -0.25) is 14.3 Å². The van der Waals surface area contributed by atoms with Gasteiger partial charge >= 0.3 is 0 Å². The van der Waals surface area contributed by atoms with Gasteiger partial charge in [-0.2, -0.15) is 0 Å². The van der Waals surface area contributed by atoms with Gasteiger partial charge in [0.15, 0.2) is 11.0 Å². The van der Waals surface area contributed by atoms with Gasteiger partial charge in [0.05, 0.1) is 11.3 Å². The molecular weight excluding hydrogens is 449 g/mol. The van der Waals surface area contributed by atoms with Gasteiger partial charge in [0.2, 0.25) is 5.91 Å². The maximum absolute atomic E-state index is 13.7. The Kier molecular flexibility index (Phi) is 6.70. The molecule has 178 valence electrons. The van der Waals surface area contributed by atoms with E-state index < -0.39 is 0 Å². The van der Waals surface area contributed by atoms with Crippen LogP contribution in [0.1, 0.15) is 50.5 Å². The summed E-state index contributed by atoms with van der Waals surface area (Å²) >= 11 is 1.41. The monoisotopic (exact) mass is 479 g/mol. The molecular formula is C26H30FN5OS. The number of rotatable bonds is 6. The van der Waals surface area contributed by atoms with Crippen LogP contribution in [0.25, 0.3) is 5.69 Å². The molecule has 3 aromatic rings. The number of anilines is 1. The number of fused-ring (bicyclic) bond motifs is 1. The quantitative estimate of drug-likeness (QED) is 0.465. The van der Waals surface area contributed by atoms with Crippen LogP contribution in [0.2, 0.25) is 0 Å². The molecule has 0 spiro atoms. The number of benzene rings is 2. The minimum Gasteiger partial charge on any atom is -0.311 e. The van der Waals surface area contributed by atoms with Crippen molar-refractivity contribution in [2.75, 3.05) is 24.5 Å². The fraction of sp³-hybridized carbons (Fsp3) is 0.423. The molecule has 5 rings (SSSR count). The molecule has 0 radical (unpaired) electrons. The summed E-state index contributed by atoms with van der Waals surface area (Å²) in [5.74, 6) is 0.601. The lowest BCUT2D eigenvalue weighted by Gasteiger charge is -2.32. The molecule has 1 amide bonds. The van der Waals surface area contributed by atoms with Gasteiger partial charge in [0.1, 0.15) is 5.82 Å². The van der Waals surface area contributed by atoms with Crippen LogP contribution in [-0.4, -0.2) is 50.5 Å². The van der Waals surface area contributed by atoms with Crippen molar-refractivity contribution in [1.82, 2.24) is 19.7 Å². The molecule has 2 aliphatic heterocycles. The highest BCUT2D eigenvalue weighted by atomic mass is 32.2. The number of halogens is 1. The number of hydrogen-bond donors (Lipinski definition) is 0. The van der Waals surface area contributed by atoms with E-state index in [0.717, 1.165) is 36.7 Å². The Morgan fingerprint density at radius 2 is 1.71 bits per heavy atom. The zero-order chi connectivity index (χ0) is 23.7. The highest BCUT2D eigenvalue weighted by Crippen LogP contribution is 2.34. The third-order valence-electron chi connectivity index (χ3n) is 6.84. The summed E-state index contributed by atoms with van der Waals surface area (Å²) in [6.45, 7) is 6.84. The van der Waals surface area contributed by atoms with Crippen LogP contribution >= 0.6 is 11.8 Å². The fourth-order valence-electron chi connectivity index (χ4n) is 4.93. The van der Waals surface area contributed by atoms with E-state index in [9.17, 15) is 9.18 Å². The Bertz CT molecular complexity index is 1160. The van der Waals surface area contributed by atoms with Crippen molar-refractivity contribution in [1.29, 1.82) is 0 Å². The lowest BCUT2D eigenvalue weighted by Crippen LogP contribution is -2.35. The van der Waals surface area contributed by atoms with E-state index in [0.29, 0.717) is 11.7 Å². The molecule has 1 saturated heterocycles. The molecule has 0 unspecified atom stereocenters. The smallest absolute Gasteiger partial charge is 0.240 e. The SMILES string of the molecule is C[C@H](c1nnc(S[C@H](C)C(=O)N2CCc3ccccc32)n1-c1ccc(F)cc1)N1CCCCC1. The number of hydrogen-bond acceptors (Lipinski definition) is 5. The maximum atomic E-state index is 13.7. The van der Waals surface area contributed by atoms with Crippen LogP contribution in [-0.2, 0) is 11.2 Å². The third kappa shape index (κ3) is 4.49. The van der Waals surface area contributed by atoms with E-state index in [2.05, 4.69) is 28.1 Å². The first kappa shape index (κ1) is 23.1. The topological polar surface area (TPSA) is 54.3 Å². The van der Waals surface area contributed by atoms with Crippen LogP contribution < -0.4 is 4.90 Å². The van der Waals surface area contributed by atoms with E-state index in [1.807, 2.05) is 34.6 Å². The number of likely N-dealkylation sites (tertiary alicyclic amines) is 1. The van der Waals surface area contributed by atoms with Crippen LogP contribution in [0.4, 0.5) is 10.1 Å². The molecule has 34 heavy (non-hydrogen) atoms. The van der Waals surface area contributed by atoms with Gasteiger partial charge < -0.3 is 4.90 Å². The number of amides is 1. The molecule has 3 heterocycles. The molecule has 2 aromatic carbocycles. The summed E-state index contributed by atoms with van der Waals surface area (Å²) in [5.41, 5.74) is 3.01. The Hall–Kier alpha value is -2.71. The lowest BCUT2D eigenvalue weighted by atomic mass is 10.1. The second kappa shape index (κ2) is 9.88. The Morgan fingerprint density at radius 1 is 0.971 bits per heavy atom. The highest BCUT2D eigenvalue weighted by molar-refractivity contribution is 8.00. The molecule has 2 atom stereocenters. The summed E-state index contributed by atoms with van der Waals surface area (Å²) in [5, 5.41) is 9.39. The van der Waals surface area contributed by atoms with Crippen molar-refractivity contribution in [3.8, 4) is 5.69 Å². The van der Waals surface area contributed by atoms with Gasteiger partial charge in [0.25, 0.3) is 0 Å². The minimum atomic E-state index is -0.340. The standard InChI is InChI=1S/C26H30FN5OS/c1-18(30-15-6-3-7-16-30)24-28-29-26(32(24)22-12-10-21(27)11-13-22)34-19(2)25(33)31-17-14-20-8-4-5-9-23(20)31/h4-5,8-13,18-19H,3,6-7,14-17H2,1-2H3/t18-,19-/m1/s1. The molecule has 1 fully saturated rings. The summed E-state index contributed by atoms with van der Waals surface area (Å²) < 4.78 is 15.7. The number of nitrogens with zero attached hydrogens (tertiary/aromatic N) is 5. The Balaban J connectivity index is 1.43. The van der Waals surface area contributed by atoms with E-state index in [1.165, 1.54) is 48.7 Å². The summed E-state index contributed by atoms with van der Waals surface area (Å²) in [4.78, 5) is 17.7. The number of carbonyl (C=O) groups excluding carboxylic acids is 1. The molecule has 8 heteroatoms. The summed E-state index contributed by atoms with van der Waals surface area (Å²) in [6.07, 6.45) is 4.50. The average molecular weight is 480 g/mol. The Labute approximate surface area is 204 Å². The number of aromatic nitrogens is 3. The lowest BCUT2D eigenvalue weighted by molar-refractivity contribution is -0.117. The second-order valence-corrected chi connectivity index (χ2v) is 10.4. The normalized spacial score (nSPS) is 18.0. The van der Waals surface area contributed by atoms with Gasteiger partial charge in [-0.25, -0.2) is 4.39 Å². The van der Waals surface area contributed by atoms with Crippen LogP contribution in [0.5, 0.6) is 0 Å². The van der Waals surface area contributed by atoms with Crippen molar-refractivity contribution >= 4 is 23.4 Å². The predicted octanol–water partition coefficient (Wildman–Crippen LogP) is 5.02. The number of piperidine rings is 1. The van der Waals surface area contributed by atoms with Crippen LogP contribution in [0, 0.1) is 5.82 Å².